The molecule has 3 atom stereocenters. The highest BCUT2D eigenvalue weighted by molar-refractivity contribution is 7.91. The lowest BCUT2D eigenvalue weighted by molar-refractivity contribution is 0.539. The van der Waals surface area contributed by atoms with E-state index >= 15 is 0 Å². The van der Waals surface area contributed by atoms with E-state index in [-0.39, 0.29) is 5.92 Å². The Morgan fingerprint density at radius 1 is 1.27 bits per heavy atom. The van der Waals surface area contributed by atoms with E-state index in [9.17, 15) is 8.42 Å². The van der Waals surface area contributed by atoms with Crippen molar-refractivity contribution >= 4 is 15.8 Å². The molecular formula is C16H31N3O2S. The Balaban J connectivity index is 1.86. The summed E-state index contributed by atoms with van der Waals surface area (Å²) in [5.41, 5.74) is 0. The molecule has 0 radical (unpaired) electrons. The maximum absolute atomic E-state index is 11.5. The Labute approximate surface area is 135 Å². The van der Waals surface area contributed by atoms with Gasteiger partial charge in [0.2, 0.25) is 0 Å². The Bertz CT molecular complexity index is 488. The summed E-state index contributed by atoms with van der Waals surface area (Å²) in [4.78, 5) is 4.65. The zero-order chi connectivity index (χ0) is 16.2. The van der Waals surface area contributed by atoms with Gasteiger partial charge in [0.15, 0.2) is 15.8 Å². The molecule has 0 aromatic heterocycles. The number of guanidine groups is 1. The molecule has 5 nitrogen and oxygen atoms in total. The molecule has 0 bridgehead atoms. The quantitative estimate of drug-likeness (QED) is 0.596. The number of hydrogen-bond donors (Lipinski definition) is 2. The fourth-order valence-corrected chi connectivity index (χ4v) is 5.09. The van der Waals surface area contributed by atoms with Gasteiger partial charge in [0, 0.05) is 19.1 Å². The molecule has 0 aromatic carbocycles. The third-order valence-electron chi connectivity index (χ3n) is 4.54. The summed E-state index contributed by atoms with van der Waals surface area (Å²) in [5.74, 6) is 3.04. The second-order valence-electron chi connectivity index (χ2n) is 7.49. The van der Waals surface area contributed by atoms with E-state index in [0.717, 1.165) is 24.8 Å². The lowest BCUT2D eigenvalue weighted by Gasteiger charge is -2.19. The predicted octanol–water partition coefficient (Wildman–Crippen LogP) is 1.80. The SMILES string of the molecule is CC(C)CN=C(NCC1CCS(=O)(=O)C1)NC1CCC(C)C1. The summed E-state index contributed by atoms with van der Waals surface area (Å²) in [6.45, 7) is 8.10. The van der Waals surface area contributed by atoms with Crippen molar-refractivity contribution in [1.82, 2.24) is 10.6 Å². The maximum atomic E-state index is 11.5. The van der Waals surface area contributed by atoms with Crippen LogP contribution < -0.4 is 10.6 Å². The molecule has 0 amide bonds. The molecule has 6 heteroatoms. The first-order valence-electron chi connectivity index (χ1n) is 8.59. The molecule has 1 saturated heterocycles. The molecule has 2 fully saturated rings. The second-order valence-corrected chi connectivity index (χ2v) is 9.72. The summed E-state index contributed by atoms with van der Waals surface area (Å²) in [6.07, 6.45) is 4.44. The van der Waals surface area contributed by atoms with Gasteiger partial charge >= 0.3 is 0 Å². The van der Waals surface area contributed by atoms with Crippen molar-refractivity contribution in [3.05, 3.63) is 0 Å². The van der Waals surface area contributed by atoms with Crippen LogP contribution in [0, 0.1) is 17.8 Å². The largest absolute Gasteiger partial charge is 0.356 e. The molecule has 1 aliphatic carbocycles. The summed E-state index contributed by atoms with van der Waals surface area (Å²) in [7, 11) is -2.80. The number of nitrogens with one attached hydrogen (secondary N) is 2. The molecule has 1 heterocycles. The fourth-order valence-electron chi connectivity index (χ4n) is 3.23. The Hall–Kier alpha value is -0.780. The summed E-state index contributed by atoms with van der Waals surface area (Å²) in [6, 6.07) is 0.501. The average molecular weight is 330 g/mol. The van der Waals surface area contributed by atoms with Gasteiger partial charge < -0.3 is 10.6 Å². The third kappa shape index (κ3) is 5.78. The summed E-state index contributed by atoms with van der Waals surface area (Å²) in [5, 5.41) is 6.91. The highest BCUT2D eigenvalue weighted by atomic mass is 32.2. The van der Waals surface area contributed by atoms with Gasteiger partial charge in [-0.1, -0.05) is 20.8 Å². The first-order valence-corrected chi connectivity index (χ1v) is 10.4. The average Bonchev–Trinajstić information content (AvgIpc) is 2.98. The Morgan fingerprint density at radius 3 is 2.59 bits per heavy atom. The van der Waals surface area contributed by atoms with Gasteiger partial charge in [0.25, 0.3) is 0 Å². The van der Waals surface area contributed by atoms with Crippen LogP contribution in [-0.4, -0.2) is 45.0 Å². The number of hydrogen-bond acceptors (Lipinski definition) is 3. The van der Waals surface area contributed by atoms with Gasteiger partial charge in [-0.15, -0.1) is 0 Å². The van der Waals surface area contributed by atoms with Crippen molar-refractivity contribution in [3.63, 3.8) is 0 Å². The monoisotopic (exact) mass is 329 g/mol. The minimum atomic E-state index is -2.80. The van der Waals surface area contributed by atoms with Crippen LogP contribution in [0.25, 0.3) is 0 Å². The maximum Gasteiger partial charge on any atom is 0.191 e. The van der Waals surface area contributed by atoms with Gasteiger partial charge in [-0.05, 0) is 43.4 Å². The van der Waals surface area contributed by atoms with E-state index in [1.807, 2.05) is 0 Å². The molecule has 0 spiro atoms. The van der Waals surface area contributed by atoms with Crippen LogP contribution in [-0.2, 0) is 9.84 Å². The molecule has 1 aliphatic heterocycles. The normalized spacial score (nSPS) is 31.6. The van der Waals surface area contributed by atoms with Crippen LogP contribution in [0.3, 0.4) is 0 Å². The lowest BCUT2D eigenvalue weighted by atomic mass is 10.1. The molecule has 2 rings (SSSR count). The number of nitrogens with zero attached hydrogens (tertiary/aromatic N) is 1. The van der Waals surface area contributed by atoms with E-state index in [0.29, 0.717) is 30.0 Å². The zero-order valence-corrected chi connectivity index (χ0v) is 15.0. The van der Waals surface area contributed by atoms with Crippen molar-refractivity contribution in [3.8, 4) is 0 Å². The summed E-state index contributed by atoms with van der Waals surface area (Å²) < 4.78 is 23.1. The van der Waals surface area contributed by atoms with Gasteiger partial charge in [-0.2, -0.15) is 0 Å². The van der Waals surface area contributed by atoms with E-state index in [2.05, 4.69) is 36.4 Å². The minimum Gasteiger partial charge on any atom is -0.356 e. The van der Waals surface area contributed by atoms with Crippen LogP contribution in [0.2, 0.25) is 0 Å². The van der Waals surface area contributed by atoms with E-state index in [1.165, 1.54) is 19.3 Å². The summed E-state index contributed by atoms with van der Waals surface area (Å²) >= 11 is 0. The van der Waals surface area contributed by atoms with Crippen LogP contribution in [0.15, 0.2) is 4.99 Å². The van der Waals surface area contributed by atoms with Crippen LogP contribution in [0.1, 0.15) is 46.5 Å². The van der Waals surface area contributed by atoms with Crippen molar-refractivity contribution < 1.29 is 8.42 Å². The molecule has 0 aromatic rings. The van der Waals surface area contributed by atoms with Gasteiger partial charge in [-0.25, -0.2) is 8.42 Å². The third-order valence-corrected chi connectivity index (χ3v) is 6.37. The van der Waals surface area contributed by atoms with Gasteiger partial charge in [0.05, 0.1) is 11.5 Å². The molecule has 1 saturated carbocycles. The predicted molar refractivity (Wildman–Crippen MR) is 91.8 cm³/mol. The zero-order valence-electron chi connectivity index (χ0n) is 14.1. The van der Waals surface area contributed by atoms with Crippen molar-refractivity contribution in [2.24, 2.45) is 22.7 Å². The highest BCUT2D eigenvalue weighted by Crippen LogP contribution is 2.24. The Kier molecular flexibility index (Phi) is 6.12. The first-order chi connectivity index (χ1) is 10.3. The van der Waals surface area contributed by atoms with Crippen LogP contribution in [0.5, 0.6) is 0 Å². The number of rotatable bonds is 5. The molecular weight excluding hydrogens is 298 g/mol. The second kappa shape index (κ2) is 7.66. The molecule has 3 unspecified atom stereocenters. The van der Waals surface area contributed by atoms with Gasteiger partial charge in [0.1, 0.15) is 0 Å². The van der Waals surface area contributed by atoms with E-state index < -0.39 is 9.84 Å². The minimum absolute atomic E-state index is 0.221. The van der Waals surface area contributed by atoms with Gasteiger partial charge in [-0.3, -0.25) is 4.99 Å². The molecule has 2 N–H and O–H groups in total. The Morgan fingerprint density at radius 2 is 2.05 bits per heavy atom. The fraction of sp³-hybridized carbons (Fsp3) is 0.938. The van der Waals surface area contributed by atoms with Crippen molar-refractivity contribution in [1.29, 1.82) is 0 Å². The number of sulfone groups is 1. The first kappa shape index (κ1) is 17.6. The van der Waals surface area contributed by atoms with E-state index in [1.54, 1.807) is 0 Å². The standard InChI is InChI=1S/C16H31N3O2S/c1-12(2)9-17-16(19-15-5-4-13(3)8-15)18-10-14-6-7-22(20,21)11-14/h12-15H,4-11H2,1-3H3,(H2,17,18,19). The van der Waals surface area contributed by atoms with Crippen LogP contribution >= 0.6 is 0 Å². The van der Waals surface area contributed by atoms with Crippen molar-refractivity contribution in [2.75, 3.05) is 24.6 Å². The molecule has 2 aliphatic rings. The smallest absolute Gasteiger partial charge is 0.191 e. The van der Waals surface area contributed by atoms with Crippen LogP contribution in [0.4, 0.5) is 0 Å². The topological polar surface area (TPSA) is 70.6 Å². The number of aliphatic imine (C=N–C) groups is 1. The lowest BCUT2D eigenvalue weighted by Crippen LogP contribution is -2.44. The highest BCUT2D eigenvalue weighted by Gasteiger charge is 2.28. The van der Waals surface area contributed by atoms with Crippen molar-refractivity contribution in [2.45, 2.75) is 52.5 Å². The molecule has 128 valence electrons. The molecule has 22 heavy (non-hydrogen) atoms. The van der Waals surface area contributed by atoms with E-state index in [4.69, 9.17) is 0 Å².